The topological polar surface area (TPSA) is 90.9 Å². The molecule has 2 unspecified atom stereocenters. The summed E-state index contributed by atoms with van der Waals surface area (Å²) in [6.45, 7) is 3.93. The van der Waals surface area contributed by atoms with Crippen molar-refractivity contribution in [3.63, 3.8) is 0 Å². The molecule has 29 heavy (non-hydrogen) atoms. The highest BCUT2D eigenvalue weighted by Gasteiger charge is 2.29. The van der Waals surface area contributed by atoms with Crippen LogP contribution in [0.1, 0.15) is 37.0 Å². The normalized spacial score (nSPS) is 16.8. The number of hydrogen-bond acceptors (Lipinski definition) is 7. The van der Waals surface area contributed by atoms with E-state index in [4.69, 9.17) is 14.2 Å². The first-order chi connectivity index (χ1) is 14.0. The van der Waals surface area contributed by atoms with E-state index >= 15 is 0 Å². The molecular formula is C21H23NO6S. The Hall–Kier alpha value is -2.71. The highest BCUT2D eigenvalue weighted by Crippen LogP contribution is 2.36. The Labute approximate surface area is 173 Å². The lowest BCUT2D eigenvalue weighted by Gasteiger charge is -2.15. The second-order valence-electron chi connectivity index (χ2n) is 6.51. The molecular weight excluding hydrogens is 394 g/mol. The Bertz CT molecular complexity index is 873. The Morgan fingerprint density at radius 2 is 2.03 bits per heavy atom. The van der Waals surface area contributed by atoms with Crippen LogP contribution in [0.5, 0.6) is 0 Å². The predicted molar refractivity (Wildman–Crippen MR) is 109 cm³/mol. The van der Waals surface area contributed by atoms with Crippen molar-refractivity contribution in [2.45, 2.75) is 38.9 Å². The van der Waals surface area contributed by atoms with Crippen molar-refractivity contribution >= 4 is 34.2 Å². The van der Waals surface area contributed by atoms with Gasteiger partial charge in [0.15, 0.2) is 12.2 Å². The molecule has 1 N–H and O–H groups in total. The van der Waals surface area contributed by atoms with Crippen LogP contribution in [-0.2, 0) is 23.8 Å². The van der Waals surface area contributed by atoms with Crippen molar-refractivity contribution in [3.8, 4) is 10.4 Å². The molecule has 7 nitrogen and oxygen atoms in total. The smallest absolute Gasteiger partial charge is 0.341 e. The van der Waals surface area contributed by atoms with Gasteiger partial charge in [-0.2, -0.15) is 0 Å². The number of esters is 2. The number of benzene rings is 1. The van der Waals surface area contributed by atoms with Crippen LogP contribution in [0.2, 0.25) is 0 Å². The van der Waals surface area contributed by atoms with Gasteiger partial charge in [-0.1, -0.05) is 30.3 Å². The summed E-state index contributed by atoms with van der Waals surface area (Å²) in [6, 6.07) is 11.2. The summed E-state index contributed by atoms with van der Waals surface area (Å²) < 4.78 is 15.6. The van der Waals surface area contributed by atoms with Crippen molar-refractivity contribution in [1.82, 2.24) is 0 Å². The first kappa shape index (κ1) is 21.0. The Morgan fingerprint density at radius 3 is 2.69 bits per heavy atom. The largest absolute Gasteiger partial charge is 0.462 e. The maximum absolute atomic E-state index is 12.6. The molecule has 0 spiro atoms. The SMILES string of the molecule is CCOC(=O)c1cc(-c2ccccc2)sc1NC(=O)C(C)OC(=O)C1CCCO1. The quantitative estimate of drug-likeness (QED) is 0.692. The average molecular weight is 417 g/mol. The van der Waals surface area contributed by atoms with Gasteiger partial charge in [0.1, 0.15) is 5.00 Å². The summed E-state index contributed by atoms with van der Waals surface area (Å²) in [7, 11) is 0. The number of hydrogen-bond donors (Lipinski definition) is 1. The highest BCUT2D eigenvalue weighted by atomic mass is 32.1. The van der Waals surface area contributed by atoms with Crippen LogP contribution in [0.25, 0.3) is 10.4 Å². The van der Waals surface area contributed by atoms with Crippen molar-refractivity contribution in [2.75, 3.05) is 18.5 Å². The first-order valence-electron chi connectivity index (χ1n) is 9.49. The van der Waals surface area contributed by atoms with Gasteiger partial charge in [0.2, 0.25) is 0 Å². The molecule has 1 fully saturated rings. The van der Waals surface area contributed by atoms with E-state index in [1.807, 2.05) is 30.3 Å². The summed E-state index contributed by atoms with van der Waals surface area (Å²) in [6.07, 6.45) is -0.262. The number of carbonyl (C=O) groups excluding carboxylic acids is 3. The van der Waals surface area contributed by atoms with Gasteiger partial charge >= 0.3 is 11.9 Å². The number of nitrogens with one attached hydrogen (secondary N) is 1. The molecule has 154 valence electrons. The molecule has 1 aliphatic rings. The zero-order valence-corrected chi connectivity index (χ0v) is 17.1. The molecule has 0 bridgehead atoms. The summed E-state index contributed by atoms with van der Waals surface area (Å²) in [5, 5.41) is 3.05. The third kappa shape index (κ3) is 5.21. The van der Waals surface area contributed by atoms with Gasteiger partial charge < -0.3 is 19.5 Å². The third-order valence-electron chi connectivity index (χ3n) is 4.38. The molecule has 1 aliphatic heterocycles. The molecule has 2 heterocycles. The van der Waals surface area contributed by atoms with Gasteiger partial charge in [0.25, 0.3) is 5.91 Å². The van der Waals surface area contributed by atoms with Crippen LogP contribution in [-0.4, -0.2) is 43.3 Å². The second-order valence-corrected chi connectivity index (χ2v) is 7.56. The molecule has 3 rings (SSSR count). The summed E-state index contributed by atoms with van der Waals surface area (Å²) in [5.74, 6) is -1.60. The molecule has 0 radical (unpaired) electrons. The van der Waals surface area contributed by atoms with E-state index in [1.54, 1.807) is 13.0 Å². The molecule has 0 aliphatic carbocycles. The number of amides is 1. The summed E-state index contributed by atoms with van der Waals surface area (Å²) >= 11 is 1.26. The van der Waals surface area contributed by atoms with Gasteiger partial charge in [0.05, 0.1) is 12.2 Å². The number of carbonyl (C=O) groups is 3. The van der Waals surface area contributed by atoms with Crippen LogP contribution in [0.3, 0.4) is 0 Å². The van der Waals surface area contributed by atoms with E-state index in [2.05, 4.69) is 5.32 Å². The summed E-state index contributed by atoms with van der Waals surface area (Å²) in [5.41, 5.74) is 1.18. The highest BCUT2D eigenvalue weighted by molar-refractivity contribution is 7.20. The first-order valence-corrected chi connectivity index (χ1v) is 10.3. The lowest BCUT2D eigenvalue weighted by atomic mass is 10.1. The maximum Gasteiger partial charge on any atom is 0.341 e. The fraction of sp³-hybridized carbons (Fsp3) is 0.381. The van der Waals surface area contributed by atoms with E-state index in [0.29, 0.717) is 18.0 Å². The monoisotopic (exact) mass is 417 g/mol. The van der Waals surface area contributed by atoms with E-state index in [9.17, 15) is 14.4 Å². The fourth-order valence-electron chi connectivity index (χ4n) is 2.87. The van der Waals surface area contributed by atoms with E-state index in [0.717, 1.165) is 16.9 Å². The van der Waals surface area contributed by atoms with Crippen LogP contribution in [0.15, 0.2) is 36.4 Å². The molecule has 1 aromatic heterocycles. The zero-order valence-electron chi connectivity index (χ0n) is 16.3. The van der Waals surface area contributed by atoms with Gasteiger partial charge in [-0.3, -0.25) is 4.79 Å². The number of rotatable bonds is 7. The van der Waals surface area contributed by atoms with Gasteiger partial charge in [0, 0.05) is 11.5 Å². The average Bonchev–Trinajstić information content (AvgIpc) is 3.39. The lowest BCUT2D eigenvalue weighted by Crippen LogP contribution is -2.34. The Balaban J connectivity index is 1.75. The van der Waals surface area contributed by atoms with Crippen molar-refractivity contribution in [3.05, 3.63) is 42.0 Å². The maximum atomic E-state index is 12.6. The predicted octanol–water partition coefficient (Wildman–Crippen LogP) is 3.64. The molecule has 1 amide bonds. The van der Waals surface area contributed by atoms with E-state index in [1.165, 1.54) is 18.3 Å². The lowest BCUT2D eigenvalue weighted by molar-refractivity contribution is -0.162. The van der Waals surface area contributed by atoms with E-state index < -0.39 is 30.1 Å². The molecule has 2 aromatic rings. The summed E-state index contributed by atoms with van der Waals surface area (Å²) in [4.78, 5) is 37.8. The van der Waals surface area contributed by atoms with Crippen LogP contribution in [0.4, 0.5) is 5.00 Å². The molecule has 8 heteroatoms. The molecule has 2 atom stereocenters. The Morgan fingerprint density at radius 1 is 1.28 bits per heavy atom. The number of thiophene rings is 1. The fourth-order valence-corrected chi connectivity index (χ4v) is 3.92. The standard InChI is InChI=1S/C21H23NO6S/c1-3-26-20(24)15-12-17(14-8-5-4-6-9-14)29-19(15)22-18(23)13(2)28-21(25)16-10-7-11-27-16/h4-6,8-9,12-13,16H,3,7,10-11H2,1-2H3,(H,22,23). The van der Waals surface area contributed by atoms with Gasteiger partial charge in [-0.25, -0.2) is 9.59 Å². The minimum absolute atomic E-state index is 0.220. The van der Waals surface area contributed by atoms with E-state index in [-0.39, 0.29) is 12.2 Å². The minimum atomic E-state index is -1.02. The van der Waals surface area contributed by atoms with Crippen LogP contribution < -0.4 is 5.32 Å². The minimum Gasteiger partial charge on any atom is -0.462 e. The van der Waals surface area contributed by atoms with Gasteiger partial charge in [-0.05, 0) is 38.3 Å². The second kappa shape index (κ2) is 9.67. The molecule has 1 saturated heterocycles. The van der Waals surface area contributed by atoms with Crippen molar-refractivity contribution in [1.29, 1.82) is 0 Å². The Kier molecular flexibility index (Phi) is 7.00. The van der Waals surface area contributed by atoms with Crippen molar-refractivity contribution < 1.29 is 28.6 Å². The number of ether oxygens (including phenoxy) is 3. The number of anilines is 1. The van der Waals surface area contributed by atoms with Crippen LogP contribution in [0, 0.1) is 0 Å². The molecule has 0 saturated carbocycles. The van der Waals surface area contributed by atoms with Gasteiger partial charge in [-0.15, -0.1) is 11.3 Å². The zero-order chi connectivity index (χ0) is 20.8. The van der Waals surface area contributed by atoms with Crippen molar-refractivity contribution in [2.24, 2.45) is 0 Å². The van der Waals surface area contributed by atoms with Crippen LogP contribution >= 0.6 is 11.3 Å². The molecule has 1 aromatic carbocycles. The third-order valence-corrected chi connectivity index (χ3v) is 5.48.